The van der Waals surface area contributed by atoms with Crippen molar-refractivity contribution in [3.05, 3.63) is 42.4 Å². The fourth-order valence-corrected chi connectivity index (χ4v) is 5.02. The number of carbonyl (C=O) groups excluding carboxylic acids is 1. The second-order valence-electron chi connectivity index (χ2n) is 11.6. The Balaban J connectivity index is 0.00000186. The number of nitrogens with zero attached hydrogens (tertiary/aromatic N) is 2. The average Bonchev–Trinajstić information content (AvgIpc) is 3.48. The molecule has 2 saturated heterocycles. The molecule has 37 heavy (non-hydrogen) atoms. The molecule has 4 rings (SSSR count). The maximum absolute atomic E-state index is 12.9. The number of benzene rings is 1. The summed E-state index contributed by atoms with van der Waals surface area (Å²) in [5.41, 5.74) is 3.21. The van der Waals surface area contributed by atoms with Crippen molar-refractivity contribution in [3.63, 3.8) is 0 Å². The zero-order valence-electron chi connectivity index (χ0n) is 24.1. The summed E-state index contributed by atoms with van der Waals surface area (Å²) in [5, 5.41) is 6.83. The second kappa shape index (κ2) is 12.9. The number of carbonyl (C=O) groups is 1. The number of likely N-dealkylation sites (tertiary alicyclic amines) is 1. The van der Waals surface area contributed by atoms with Gasteiger partial charge in [-0.15, -0.1) is 0 Å². The second-order valence-corrected chi connectivity index (χ2v) is 11.6. The van der Waals surface area contributed by atoms with Crippen LogP contribution in [0.1, 0.15) is 102 Å². The molecule has 7 heteroatoms. The van der Waals surface area contributed by atoms with Crippen LogP contribution in [0.2, 0.25) is 0 Å². The number of ether oxygens (including phenoxy) is 1. The highest BCUT2D eigenvalue weighted by Gasteiger charge is 2.47. The number of hydrogen-bond donors (Lipinski definition) is 3. The Hall–Kier alpha value is -2.38. The molecule has 0 bridgehead atoms. The summed E-state index contributed by atoms with van der Waals surface area (Å²) in [4.78, 5) is 23.4. The van der Waals surface area contributed by atoms with Gasteiger partial charge in [0, 0.05) is 34.0 Å². The summed E-state index contributed by atoms with van der Waals surface area (Å²) in [7, 11) is 0. The van der Waals surface area contributed by atoms with Gasteiger partial charge in [0.2, 0.25) is 5.91 Å². The van der Waals surface area contributed by atoms with Crippen LogP contribution in [0.4, 0.5) is 0 Å². The number of hydrogen-bond acceptors (Lipinski definition) is 5. The first kappa shape index (κ1) is 29.2. The predicted octanol–water partition coefficient (Wildman–Crippen LogP) is 6.55. The van der Waals surface area contributed by atoms with Crippen LogP contribution >= 0.6 is 0 Å². The minimum atomic E-state index is -0.127. The number of rotatable bonds is 10. The standard InChI is InChI=1S/C28H43N5O2.C2H6.2H2/c1-18-11-9-10-16-33(18)19(2)17-23(30-24(34)14-15-28(4,5)6)25-27(35-25)29-20(3)26-31-21-12-7-8-13-22(21)32-26;1-2;;/h7-8,12-13,18,20,23,25,27,29H,2,9-11,14-17H2,1,3-6H3,(H,30,34)(H,31,32);1-2H3;2*1H/t18-,20+,23-,25?,27?;;;/m0.../s1. The smallest absolute Gasteiger partial charge is 0.220 e. The molecule has 5 atom stereocenters. The van der Waals surface area contributed by atoms with Crippen LogP contribution in [-0.2, 0) is 9.53 Å². The topological polar surface area (TPSA) is 85.6 Å². The maximum atomic E-state index is 12.9. The monoisotopic (exact) mass is 515 g/mol. The molecular formula is C30H53N5O2. The van der Waals surface area contributed by atoms with Crippen molar-refractivity contribution in [1.29, 1.82) is 0 Å². The van der Waals surface area contributed by atoms with Gasteiger partial charge in [-0.2, -0.15) is 0 Å². The zero-order valence-corrected chi connectivity index (χ0v) is 24.1. The minimum absolute atomic E-state index is 0. The molecule has 2 fully saturated rings. The molecule has 2 aromatic rings. The number of nitrogens with one attached hydrogen (secondary N) is 3. The third kappa shape index (κ3) is 8.30. The number of imidazole rings is 1. The SMILES string of the molecule is C=C(C[C@H](NC(=O)CCC(C)(C)C)C1OC1N[C@H](C)c1nc2ccccc2[nH]1)N1CCCC[C@@H]1C.CC.[HH].[HH]. The van der Waals surface area contributed by atoms with Crippen molar-refractivity contribution in [3.8, 4) is 0 Å². The van der Waals surface area contributed by atoms with Gasteiger partial charge in [-0.3, -0.25) is 10.1 Å². The van der Waals surface area contributed by atoms with Crippen LogP contribution in [0.15, 0.2) is 36.5 Å². The molecule has 3 N–H and O–H groups in total. The number of epoxide rings is 1. The summed E-state index contributed by atoms with van der Waals surface area (Å²) in [5.74, 6) is 0.974. The molecule has 0 aliphatic carbocycles. The van der Waals surface area contributed by atoms with Gasteiger partial charge in [-0.05, 0) is 57.1 Å². The first-order chi connectivity index (χ1) is 17.6. The van der Waals surface area contributed by atoms with Crippen LogP contribution in [0.5, 0.6) is 0 Å². The van der Waals surface area contributed by atoms with Gasteiger partial charge in [0.25, 0.3) is 0 Å². The molecule has 2 aliphatic heterocycles. The summed E-state index contributed by atoms with van der Waals surface area (Å²) in [6.07, 6.45) is 5.53. The first-order valence-electron chi connectivity index (χ1n) is 14.2. The van der Waals surface area contributed by atoms with E-state index in [9.17, 15) is 4.79 Å². The van der Waals surface area contributed by atoms with E-state index in [1.165, 1.54) is 19.3 Å². The van der Waals surface area contributed by atoms with Crippen molar-refractivity contribution >= 4 is 16.9 Å². The van der Waals surface area contributed by atoms with Crippen LogP contribution in [0.3, 0.4) is 0 Å². The van der Waals surface area contributed by atoms with Crippen LogP contribution < -0.4 is 10.6 Å². The summed E-state index contributed by atoms with van der Waals surface area (Å²) in [6, 6.07) is 8.43. The third-order valence-corrected chi connectivity index (χ3v) is 7.27. The first-order valence-corrected chi connectivity index (χ1v) is 14.2. The lowest BCUT2D eigenvalue weighted by Crippen LogP contribution is -2.44. The number of para-hydroxylation sites is 2. The van der Waals surface area contributed by atoms with Gasteiger partial charge < -0.3 is 19.9 Å². The van der Waals surface area contributed by atoms with E-state index in [0.717, 1.165) is 35.5 Å². The number of aromatic nitrogens is 2. The Morgan fingerprint density at radius 2 is 2.03 bits per heavy atom. The van der Waals surface area contributed by atoms with Gasteiger partial charge in [0.15, 0.2) is 0 Å². The Kier molecular flexibility index (Phi) is 10.2. The Bertz CT molecular complexity index is 1000. The van der Waals surface area contributed by atoms with Gasteiger partial charge in [0.05, 0.1) is 23.1 Å². The zero-order chi connectivity index (χ0) is 27.2. The fraction of sp³-hybridized carbons (Fsp3) is 0.667. The van der Waals surface area contributed by atoms with Crippen LogP contribution in [0, 0.1) is 5.41 Å². The van der Waals surface area contributed by atoms with E-state index in [1.54, 1.807) is 0 Å². The molecule has 0 radical (unpaired) electrons. The molecule has 3 heterocycles. The lowest BCUT2D eigenvalue weighted by Gasteiger charge is -2.38. The highest BCUT2D eigenvalue weighted by atomic mass is 16.6. The Morgan fingerprint density at radius 1 is 1.30 bits per heavy atom. The molecule has 2 unspecified atom stereocenters. The lowest BCUT2D eigenvalue weighted by atomic mass is 9.90. The van der Waals surface area contributed by atoms with Gasteiger partial charge in [-0.1, -0.05) is 53.3 Å². The van der Waals surface area contributed by atoms with Gasteiger partial charge in [0.1, 0.15) is 18.2 Å². The maximum Gasteiger partial charge on any atom is 0.220 e. The summed E-state index contributed by atoms with van der Waals surface area (Å²) < 4.78 is 6.08. The molecule has 1 amide bonds. The molecular weight excluding hydrogens is 462 g/mol. The highest BCUT2D eigenvalue weighted by Crippen LogP contribution is 2.31. The molecule has 2 aliphatic rings. The number of amides is 1. The quantitative estimate of drug-likeness (QED) is 0.313. The van der Waals surface area contributed by atoms with Crippen molar-refractivity contribution in [2.75, 3.05) is 6.54 Å². The van der Waals surface area contributed by atoms with Crippen molar-refractivity contribution < 1.29 is 12.4 Å². The van der Waals surface area contributed by atoms with Crippen molar-refractivity contribution in [2.24, 2.45) is 5.41 Å². The van der Waals surface area contributed by atoms with E-state index in [4.69, 9.17) is 9.72 Å². The number of fused-ring (bicyclic) bond motifs is 1. The van der Waals surface area contributed by atoms with Gasteiger partial charge in [-0.25, -0.2) is 4.98 Å². The molecule has 210 valence electrons. The number of aromatic amines is 1. The summed E-state index contributed by atoms with van der Waals surface area (Å²) >= 11 is 0. The summed E-state index contributed by atoms with van der Waals surface area (Å²) in [6.45, 7) is 20.3. The van der Waals surface area contributed by atoms with Crippen LogP contribution in [-0.4, -0.2) is 51.7 Å². The van der Waals surface area contributed by atoms with E-state index in [1.807, 2.05) is 38.1 Å². The van der Waals surface area contributed by atoms with E-state index in [0.29, 0.717) is 18.9 Å². The third-order valence-electron chi connectivity index (χ3n) is 7.27. The van der Waals surface area contributed by atoms with Gasteiger partial charge >= 0.3 is 0 Å². The molecule has 1 aromatic heterocycles. The molecule has 0 spiro atoms. The average molecular weight is 516 g/mol. The van der Waals surface area contributed by atoms with E-state index in [2.05, 4.69) is 61.7 Å². The number of piperidine rings is 1. The molecule has 1 aromatic carbocycles. The lowest BCUT2D eigenvalue weighted by molar-refractivity contribution is -0.122. The Labute approximate surface area is 226 Å². The predicted molar refractivity (Wildman–Crippen MR) is 156 cm³/mol. The molecule has 0 saturated carbocycles. The van der Waals surface area contributed by atoms with Crippen molar-refractivity contribution in [2.45, 2.75) is 117 Å². The highest BCUT2D eigenvalue weighted by molar-refractivity contribution is 5.76. The minimum Gasteiger partial charge on any atom is -0.373 e. The number of H-pyrrole nitrogens is 1. The van der Waals surface area contributed by atoms with E-state index >= 15 is 0 Å². The fourth-order valence-electron chi connectivity index (χ4n) is 5.02. The molecule has 7 nitrogen and oxygen atoms in total. The normalized spacial score (nSPS) is 23.1. The van der Waals surface area contributed by atoms with E-state index in [-0.39, 0.29) is 38.6 Å². The largest absolute Gasteiger partial charge is 0.373 e. The van der Waals surface area contributed by atoms with Crippen molar-refractivity contribution in [1.82, 2.24) is 25.5 Å². The van der Waals surface area contributed by atoms with E-state index < -0.39 is 0 Å². The van der Waals surface area contributed by atoms with Crippen LogP contribution in [0.25, 0.3) is 11.0 Å². The Morgan fingerprint density at radius 3 is 2.70 bits per heavy atom.